The van der Waals surface area contributed by atoms with Crippen LogP contribution in [0.4, 0.5) is 9.18 Å². The van der Waals surface area contributed by atoms with E-state index in [1.165, 1.54) is 42.5 Å². The second kappa shape index (κ2) is 9.21. The number of imide groups is 1. The van der Waals surface area contributed by atoms with Gasteiger partial charge in [0.25, 0.3) is 11.1 Å². The maximum absolute atomic E-state index is 14.0. The fraction of sp³-hybridized carbons (Fsp3) is 0.0833. The van der Waals surface area contributed by atoms with Crippen LogP contribution in [0.25, 0.3) is 6.08 Å². The minimum atomic E-state index is -4.11. The number of rotatable bonds is 6. The molecule has 3 aromatic rings. The van der Waals surface area contributed by atoms with E-state index < -0.39 is 27.1 Å². The van der Waals surface area contributed by atoms with Crippen molar-refractivity contribution >= 4 is 39.1 Å². The second-order valence-corrected chi connectivity index (χ2v) is 9.79. The van der Waals surface area contributed by atoms with Gasteiger partial charge in [0.1, 0.15) is 16.5 Å². The number of hydrogen-bond acceptors (Lipinski definition) is 6. The second-order valence-electron chi connectivity index (χ2n) is 7.25. The number of carbonyl (C=O) groups is 2. The van der Waals surface area contributed by atoms with Crippen molar-refractivity contribution in [3.63, 3.8) is 0 Å². The zero-order valence-corrected chi connectivity index (χ0v) is 19.0. The molecular formula is C24H18FNO5S2. The number of hydrogen-bond donors (Lipinski definition) is 0. The molecule has 0 atom stereocenters. The summed E-state index contributed by atoms with van der Waals surface area (Å²) in [4.78, 5) is 26.2. The Balaban J connectivity index is 1.60. The highest BCUT2D eigenvalue weighted by Crippen LogP contribution is 2.35. The van der Waals surface area contributed by atoms with Crippen molar-refractivity contribution in [1.82, 2.24) is 4.90 Å². The quantitative estimate of drug-likeness (QED) is 0.357. The molecule has 168 valence electrons. The molecule has 1 heterocycles. The number of thioether (sulfide) groups is 1. The number of halogens is 1. The first kappa shape index (κ1) is 22.8. The number of benzene rings is 3. The monoisotopic (exact) mass is 483 g/mol. The maximum atomic E-state index is 14.0. The van der Waals surface area contributed by atoms with E-state index in [1.54, 1.807) is 36.4 Å². The summed E-state index contributed by atoms with van der Waals surface area (Å²) in [6.07, 6.45) is 1.40. The molecule has 1 fully saturated rings. The summed E-state index contributed by atoms with van der Waals surface area (Å²) in [5.74, 6) is -1.09. The molecule has 0 unspecified atom stereocenters. The largest absolute Gasteiger partial charge is 0.378 e. The highest BCUT2D eigenvalue weighted by molar-refractivity contribution is 8.18. The maximum Gasteiger partial charge on any atom is 0.339 e. The van der Waals surface area contributed by atoms with E-state index in [-0.39, 0.29) is 27.7 Å². The Bertz CT molecular complexity index is 1370. The van der Waals surface area contributed by atoms with Gasteiger partial charge in [-0.25, -0.2) is 4.39 Å². The van der Waals surface area contributed by atoms with Crippen molar-refractivity contribution in [1.29, 1.82) is 0 Å². The van der Waals surface area contributed by atoms with Gasteiger partial charge in [-0.05, 0) is 49.0 Å². The van der Waals surface area contributed by atoms with Gasteiger partial charge in [0.15, 0.2) is 0 Å². The van der Waals surface area contributed by atoms with E-state index in [1.807, 2.05) is 6.92 Å². The fourth-order valence-electron chi connectivity index (χ4n) is 3.12. The number of carbonyl (C=O) groups excluding carboxylic acids is 2. The van der Waals surface area contributed by atoms with E-state index in [0.29, 0.717) is 17.3 Å². The number of nitrogens with zero attached hydrogens (tertiary/aromatic N) is 1. The Morgan fingerprint density at radius 3 is 2.36 bits per heavy atom. The van der Waals surface area contributed by atoms with E-state index in [4.69, 9.17) is 4.18 Å². The number of para-hydroxylation sites is 1. The first-order valence-electron chi connectivity index (χ1n) is 9.83. The molecule has 1 aliphatic rings. The van der Waals surface area contributed by atoms with Crippen LogP contribution in [-0.4, -0.2) is 24.5 Å². The lowest BCUT2D eigenvalue weighted by molar-refractivity contribution is -0.123. The molecule has 6 nitrogen and oxygen atoms in total. The predicted octanol–water partition coefficient (Wildman–Crippen LogP) is 5.14. The Kier molecular flexibility index (Phi) is 6.35. The van der Waals surface area contributed by atoms with Gasteiger partial charge < -0.3 is 4.18 Å². The molecular weight excluding hydrogens is 465 g/mol. The topological polar surface area (TPSA) is 80.8 Å². The molecule has 0 aromatic heterocycles. The molecule has 33 heavy (non-hydrogen) atoms. The van der Waals surface area contributed by atoms with E-state index in [0.717, 1.165) is 10.5 Å². The van der Waals surface area contributed by atoms with Crippen molar-refractivity contribution in [2.75, 3.05) is 0 Å². The molecule has 3 aromatic carbocycles. The van der Waals surface area contributed by atoms with Crippen LogP contribution in [0.5, 0.6) is 5.75 Å². The Morgan fingerprint density at radius 2 is 1.64 bits per heavy atom. The summed E-state index contributed by atoms with van der Waals surface area (Å²) in [7, 11) is -4.11. The molecule has 0 saturated carbocycles. The minimum Gasteiger partial charge on any atom is -0.378 e. The average molecular weight is 484 g/mol. The summed E-state index contributed by atoms with van der Waals surface area (Å²) >= 11 is 0.697. The molecule has 0 N–H and O–H groups in total. The van der Waals surface area contributed by atoms with Crippen molar-refractivity contribution < 1.29 is 26.6 Å². The summed E-state index contributed by atoms with van der Waals surface area (Å²) in [5.41, 5.74) is 1.43. The van der Waals surface area contributed by atoms with Crippen molar-refractivity contribution in [2.45, 2.75) is 18.4 Å². The molecule has 2 amide bonds. The third kappa shape index (κ3) is 4.99. The van der Waals surface area contributed by atoms with Crippen LogP contribution in [0.1, 0.15) is 16.7 Å². The first-order chi connectivity index (χ1) is 15.7. The van der Waals surface area contributed by atoms with Gasteiger partial charge in [0.2, 0.25) is 0 Å². The van der Waals surface area contributed by atoms with Gasteiger partial charge in [-0.15, -0.1) is 0 Å². The van der Waals surface area contributed by atoms with Crippen LogP contribution in [0.15, 0.2) is 82.6 Å². The fourth-order valence-corrected chi connectivity index (χ4v) is 4.90. The lowest BCUT2D eigenvalue weighted by Gasteiger charge is -2.13. The minimum absolute atomic E-state index is 0.00638. The van der Waals surface area contributed by atoms with Crippen LogP contribution < -0.4 is 4.18 Å². The smallest absolute Gasteiger partial charge is 0.339 e. The third-order valence-electron chi connectivity index (χ3n) is 4.87. The van der Waals surface area contributed by atoms with Gasteiger partial charge in [-0.2, -0.15) is 8.42 Å². The average Bonchev–Trinajstić information content (AvgIpc) is 3.04. The molecule has 9 heteroatoms. The molecule has 1 aliphatic heterocycles. The van der Waals surface area contributed by atoms with Gasteiger partial charge in [-0.1, -0.05) is 54.1 Å². The van der Waals surface area contributed by atoms with Crippen LogP contribution in [0, 0.1) is 12.7 Å². The molecule has 1 saturated heterocycles. The van der Waals surface area contributed by atoms with Gasteiger partial charge in [0.05, 0.1) is 11.4 Å². The lowest BCUT2D eigenvalue weighted by atomic mass is 10.1. The Hall–Kier alpha value is -3.43. The van der Waals surface area contributed by atoms with E-state index in [2.05, 4.69) is 0 Å². The van der Waals surface area contributed by atoms with Crippen LogP contribution in [0.2, 0.25) is 0 Å². The molecule has 0 aliphatic carbocycles. The highest BCUT2D eigenvalue weighted by Gasteiger charge is 2.35. The summed E-state index contributed by atoms with van der Waals surface area (Å²) in [6.45, 7) is 1.64. The molecule has 0 bridgehead atoms. The molecule has 4 rings (SSSR count). The van der Waals surface area contributed by atoms with Crippen LogP contribution in [0.3, 0.4) is 0 Å². The summed E-state index contributed by atoms with van der Waals surface area (Å²) in [5, 5.41) is -0.542. The zero-order chi connectivity index (χ0) is 23.6. The predicted molar refractivity (Wildman–Crippen MR) is 123 cm³/mol. The lowest BCUT2D eigenvalue weighted by Crippen LogP contribution is -2.27. The van der Waals surface area contributed by atoms with Gasteiger partial charge in [-0.3, -0.25) is 14.5 Å². The highest BCUT2D eigenvalue weighted by atomic mass is 32.2. The van der Waals surface area contributed by atoms with E-state index >= 15 is 0 Å². The number of aryl methyl sites for hydroxylation is 1. The van der Waals surface area contributed by atoms with Gasteiger partial charge >= 0.3 is 10.1 Å². The zero-order valence-electron chi connectivity index (χ0n) is 17.4. The molecule has 0 radical (unpaired) electrons. The SMILES string of the molecule is Cc1ccc(S(=O)(=O)Oc2ccccc2/C=C2\SC(=O)N(Cc3ccccc3F)C2=O)cc1. The van der Waals surface area contributed by atoms with Gasteiger partial charge in [0, 0.05) is 11.1 Å². The van der Waals surface area contributed by atoms with Crippen molar-refractivity contribution in [3.8, 4) is 5.75 Å². The normalized spacial score (nSPS) is 15.3. The van der Waals surface area contributed by atoms with Crippen LogP contribution >= 0.6 is 11.8 Å². The van der Waals surface area contributed by atoms with Crippen LogP contribution in [-0.2, 0) is 21.5 Å². The first-order valence-corrected chi connectivity index (χ1v) is 12.1. The summed E-state index contributed by atoms with van der Waals surface area (Å²) in [6, 6.07) is 18.4. The standard InChI is InChI=1S/C24H18FNO5S2/c1-16-10-12-19(13-11-16)33(29,30)31-21-9-5-3-6-17(21)14-22-23(27)26(24(28)32-22)15-18-7-2-4-8-20(18)25/h2-14H,15H2,1H3/b22-14-. The summed E-state index contributed by atoms with van der Waals surface area (Å²) < 4.78 is 44.7. The van der Waals surface area contributed by atoms with E-state index in [9.17, 15) is 22.4 Å². The van der Waals surface area contributed by atoms with Crippen molar-refractivity contribution in [2.24, 2.45) is 0 Å². The molecule has 0 spiro atoms. The Labute approximate surface area is 194 Å². The number of amides is 2. The third-order valence-corrected chi connectivity index (χ3v) is 7.03. The Morgan fingerprint density at radius 1 is 0.970 bits per heavy atom. The van der Waals surface area contributed by atoms with Crippen molar-refractivity contribution in [3.05, 3.63) is 100 Å².